The first-order chi connectivity index (χ1) is 29.7. The van der Waals surface area contributed by atoms with Crippen molar-refractivity contribution in [1.29, 1.82) is 0 Å². The Bertz CT molecular complexity index is 2190. The zero-order chi connectivity index (χ0) is 38.4. The molecule has 0 N–H and O–H groups in total. The molecule has 0 bridgehead atoms. The molecule has 13 saturated carbocycles. The predicted molar refractivity (Wildman–Crippen MR) is 228 cm³/mol. The molecule has 0 amide bonds. The van der Waals surface area contributed by atoms with Crippen LogP contribution in [0.5, 0.6) is 0 Å². The van der Waals surface area contributed by atoms with Crippen molar-refractivity contribution in [2.45, 2.75) is 71.3 Å². The van der Waals surface area contributed by atoms with Gasteiger partial charge in [0.05, 0.1) is 33.0 Å². The first-order valence-electron chi connectivity index (χ1n) is 26.6. The molecule has 18 rings (SSSR count). The molecule has 1 spiro atoms. The van der Waals surface area contributed by atoms with Crippen molar-refractivity contribution in [2.75, 3.05) is 52.7 Å². The lowest BCUT2D eigenvalue weighted by molar-refractivity contribution is -0.149. The van der Waals surface area contributed by atoms with Crippen LogP contribution in [0.15, 0.2) is 46.6 Å². The van der Waals surface area contributed by atoms with Gasteiger partial charge in [-0.15, -0.1) is 0 Å². The zero-order valence-corrected chi connectivity index (χ0v) is 36.4. The van der Waals surface area contributed by atoms with Crippen LogP contribution in [0.3, 0.4) is 0 Å². The van der Waals surface area contributed by atoms with Crippen LogP contribution in [0, 0.1) is 166 Å². The maximum Gasteiger partial charge on any atom is 0.0701 e. The highest BCUT2D eigenvalue weighted by molar-refractivity contribution is 5.56. The van der Waals surface area contributed by atoms with Crippen LogP contribution in [0.1, 0.15) is 75.5 Å². The number of benzene rings is 1. The number of hydrogen-bond donors (Lipinski definition) is 0. The largest absolute Gasteiger partial charge is 0.379 e. The summed E-state index contributed by atoms with van der Waals surface area (Å²) < 4.78 is 17.9. The molecule has 1 saturated heterocycles. The molecule has 0 aromatic heterocycles. The van der Waals surface area contributed by atoms with E-state index in [2.05, 4.69) is 65.3 Å². The van der Waals surface area contributed by atoms with Crippen molar-refractivity contribution < 1.29 is 14.2 Å². The summed E-state index contributed by atoms with van der Waals surface area (Å²) in [6.45, 7) is 11.1. The Balaban J connectivity index is 0.830. The number of ether oxygens (including phenoxy) is 3. The fraction of sp³-hybridized carbons (Fsp3) is 0.821. The summed E-state index contributed by atoms with van der Waals surface area (Å²) in [5.41, 5.74) is 12.2. The molecule has 60 heavy (non-hydrogen) atoms. The van der Waals surface area contributed by atoms with E-state index in [0.29, 0.717) is 37.9 Å². The molecular formula is C56H69NO3. The van der Waals surface area contributed by atoms with Gasteiger partial charge in [0.1, 0.15) is 0 Å². The highest BCUT2D eigenvalue weighted by Gasteiger charge is 2.88. The van der Waals surface area contributed by atoms with Crippen LogP contribution in [-0.4, -0.2) is 57.6 Å². The van der Waals surface area contributed by atoms with Crippen molar-refractivity contribution in [2.24, 2.45) is 159 Å². The van der Waals surface area contributed by atoms with Gasteiger partial charge in [0.25, 0.3) is 0 Å². The summed E-state index contributed by atoms with van der Waals surface area (Å²) >= 11 is 0. The first kappa shape index (κ1) is 34.0. The van der Waals surface area contributed by atoms with E-state index in [4.69, 9.17) is 14.2 Å². The van der Waals surface area contributed by atoms with Gasteiger partial charge >= 0.3 is 0 Å². The lowest BCUT2D eigenvalue weighted by atomic mass is 9.41. The lowest BCUT2D eigenvalue weighted by Gasteiger charge is -2.62. The van der Waals surface area contributed by atoms with Gasteiger partial charge in [-0.1, -0.05) is 52.1 Å². The number of fused-ring (bicyclic) bond motifs is 1. The Morgan fingerprint density at radius 3 is 1.92 bits per heavy atom. The maximum absolute atomic E-state index is 6.51. The molecule has 14 fully saturated rings. The molecule has 28 atom stereocenters. The molecule has 17 aliphatic rings. The van der Waals surface area contributed by atoms with Gasteiger partial charge in [-0.2, -0.15) is 0 Å². The molecule has 0 radical (unpaired) electrons. The minimum atomic E-state index is 0.403. The summed E-state index contributed by atoms with van der Waals surface area (Å²) in [4.78, 5) is 3.09. The van der Waals surface area contributed by atoms with Crippen LogP contribution >= 0.6 is 0 Å². The average Bonchev–Trinajstić information content (AvgIpc) is 4.11. The number of rotatable bonds is 11. The van der Waals surface area contributed by atoms with Gasteiger partial charge in [-0.25, -0.2) is 0 Å². The van der Waals surface area contributed by atoms with Crippen LogP contribution in [0.2, 0.25) is 0 Å². The molecule has 4 nitrogen and oxygen atoms in total. The SMILES string of the molecule is CCOCCOCCOCCN1CC2C3=C4C5C6=C(C3)CC3CC7CC8CC9CC%10CC%11CC2(C2C4C4C5C5C(C63)C7C3C8C9C6C%10C(C4C6C35)C%112)C1c1ccc(C)cc1. The van der Waals surface area contributed by atoms with Gasteiger partial charge < -0.3 is 14.2 Å². The van der Waals surface area contributed by atoms with Crippen molar-refractivity contribution >= 4 is 0 Å². The Labute approximate surface area is 358 Å². The highest BCUT2D eigenvalue weighted by Crippen LogP contribution is 2.93. The minimum absolute atomic E-state index is 0.403. The van der Waals surface area contributed by atoms with Crippen LogP contribution in [0.4, 0.5) is 0 Å². The quantitative estimate of drug-likeness (QED) is 0.165. The summed E-state index contributed by atoms with van der Waals surface area (Å²) in [5.74, 6) is 27.8. The standard InChI is InChI=1S/C56H69NO3/c1-3-58-10-11-60-13-12-59-9-8-57-22-33-32-20-30-18-27-16-28-15-25-14-26-17-29-19-31-21-56(33,55(57)24-6-4-23(2)5-7-24)54-40(31)45-39(29)44-35(26)34(25)42-38(28)43-36(27)37(30)46-41(32)53(54)52-50(45)48(44)47(42)49(43)51(46)52/h4-7,25-29,31,33-36,38-40,42-55H,3,8-22H2,1-2H3. The highest BCUT2D eigenvalue weighted by atomic mass is 16.5. The molecule has 1 heterocycles. The van der Waals surface area contributed by atoms with Gasteiger partial charge in [-0.3, -0.25) is 4.90 Å². The number of allylic oxidation sites excluding steroid dienone is 3. The van der Waals surface area contributed by atoms with Crippen molar-refractivity contribution in [1.82, 2.24) is 4.90 Å². The normalized spacial score (nSPS) is 61.9. The van der Waals surface area contributed by atoms with E-state index in [-0.39, 0.29) is 0 Å². The van der Waals surface area contributed by atoms with E-state index in [1.807, 2.05) is 0 Å². The molecule has 28 unspecified atom stereocenters. The van der Waals surface area contributed by atoms with Gasteiger partial charge in [0.15, 0.2) is 0 Å². The van der Waals surface area contributed by atoms with E-state index in [9.17, 15) is 0 Å². The number of likely N-dealkylation sites (tertiary alicyclic amines) is 1. The average molecular weight is 804 g/mol. The Morgan fingerprint density at radius 2 is 1.17 bits per heavy atom. The topological polar surface area (TPSA) is 30.9 Å². The summed E-state index contributed by atoms with van der Waals surface area (Å²) in [5, 5.41) is 0. The summed E-state index contributed by atoms with van der Waals surface area (Å²) in [7, 11) is 0. The van der Waals surface area contributed by atoms with Crippen LogP contribution in [-0.2, 0) is 14.2 Å². The third kappa shape index (κ3) is 3.40. The van der Waals surface area contributed by atoms with Gasteiger partial charge in [0.2, 0.25) is 0 Å². The Hall–Kier alpha value is -1.46. The third-order valence-electron chi connectivity index (χ3n) is 25.8. The number of nitrogens with zero attached hydrogens (tertiary/aromatic N) is 1. The number of hydrogen-bond acceptors (Lipinski definition) is 4. The third-order valence-corrected chi connectivity index (χ3v) is 25.8. The molecule has 316 valence electrons. The summed E-state index contributed by atoms with van der Waals surface area (Å²) in [6.07, 6.45) is 12.8. The summed E-state index contributed by atoms with van der Waals surface area (Å²) in [6, 6.07) is 10.8. The monoisotopic (exact) mass is 804 g/mol. The Morgan fingerprint density at radius 1 is 0.583 bits per heavy atom. The van der Waals surface area contributed by atoms with E-state index in [0.717, 1.165) is 162 Å². The fourth-order valence-electron chi connectivity index (χ4n) is 26.7. The molecular weight excluding hydrogens is 735 g/mol. The molecule has 1 aromatic rings. The second-order valence-electron chi connectivity index (χ2n) is 26.0. The minimum Gasteiger partial charge on any atom is -0.379 e. The van der Waals surface area contributed by atoms with Crippen molar-refractivity contribution in [3.8, 4) is 0 Å². The fourth-order valence-corrected chi connectivity index (χ4v) is 26.7. The molecule has 16 aliphatic carbocycles. The molecule has 4 heteroatoms. The van der Waals surface area contributed by atoms with Crippen LogP contribution < -0.4 is 0 Å². The van der Waals surface area contributed by atoms with Gasteiger partial charge in [0, 0.05) is 43.0 Å². The lowest BCUT2D eigenvalue weighted by Crippen LogP contribution is -2.59. The van der Waals surface area contributed by atoms with Crippen molar-refractivity contribution in [3.63, 3.8) is 0 Å². The van der Waals surface area contributed by atoms with Crippen molar-refractivity contribution in [3.05, 3.63) is 57.7 Å². The smallest absolute Gasteiger partial charge is 0.0701 e. The Kier molecular flexibility index (Phi) is 6.21. The second kappa shape index (κ2) is 11.0. The van der Waals surface area contributed by atoms with Crippen LogP contribution in [0.25, 0.3) is 0 Å². The second-order valence-corrected chi connectivity index (χ2v) is 26.0. The zero-order valence-electron chi connectivity index (χ0n) is 36.4. The maximum atomic E-state index is 6.51. The predicted octanol–water partition coefficient (Wildman–Crippen LogP) is 9.36. The molecule has 1 aromatic carbocycles. The van der Waals surface area contributed by atoms with E-state index >= 15 is 0 Å². The van der Waals surface area contributed by atoms with Gasteiger partial charge in [-0.05, 0) is 213 Å². The first-order valence-corrected chi connectivity index (χ1v) is 26.6. The molecule has 1 aliphatic heterocycles. The van der Waals surface area contributed by atoms with E-state index in [1.165, 1.54) is 36.8 Å². The van der Waals surface area contributed by atoms with E-state index in [1.54, 1.807) is 44.1 Å². The number of aryl methyl sites for hydroxylation is 1. The van der Waals surface area contributed by atoms with E-state index < -0.39 is 0 Å².